The van der Waals surface area contributed by atoms with E-state index in [-0.39, 0.29) is 0 Å². The average Bonchev–Trinajstić information content (AvgIpc) is 2.84. The lowest BCUT2D eigenvalue weighted by Crippen LogP contribution is -2.20. The van der Waals surface area contributed by atoms with Crippen LogP contribution in [-0.4, -0.2) is 18.5 Å². The molecule has 0 unspecified atom stereocenters. The van der Waals surface area contributed by atoms with Crippen molar-refractivity contribution in [2.24, 2.45) is 0 Å². The number of nitrogen functional groups attached to an aromatic ring is 1. The van der Waals surface area contributed by atoms with Crippen LogP contribution in [0.4, 0.5) is 5.69 Å². The molecular weight excluding hydrogens is 240 g/mol. The van der Waals surface area contributed by atoms with Gasteiger partial charge in [-0.25, -0.2) is 0 Å². The number of thiophene rings is 1. The van der Waals surface area contributed by atoms with E-state index < -0.39 is 0 Å². The molecule has 18 heavy (non-hydrogen) atoms. The van der Waals surface area contributed by atoms with E-state index in [2.05, 4.69) is 48.5 Å². The number of hydrogen-bond acceptors (Lipinski definition) is 3. The molecule has 0 aliphatic heterocycles. The third-order valence-electron chi connectivity index (χ3n) is 3.11. The smallest absolute Gasteiger partial charge is 0.0343 e. The molecule has 0 amide bonds. The zero-order valence-corrected chi connectivity index (χ0v) is 11.8. The molecule has 0 aliphatic carbocycles. The lowest BCUT2D eigenvalue weighted by Gasteiger charge is -2.16. The highest BCUT2D eigenvalue weighted by atomic mass is 32.1. The Balaban J connectivity index is 1.86. The van der Waals surface area contributed by atoms with Gasteiger partial charge in [0, 0.05) is 23.7 Å². The molecule has 96 valence electrons. The van der Waals surface area contributed by atoms with Gasteiger partial charge in [-0.1, -0.05) is 18.2 Å². The fourth-order valence-electron chi connectivity index (χ4n) is 1.98. The van der Waals surface area contributed by atoms with Gasteiger partial charge in [-0.15, -0.1) is 11.3 Å². The van der Waals surface area contributed by atoms with E-state index in [4.69, 9.17) is 5.73 Å². The predicted octanol–water partition coefficient (Wildman–Crippen LogP) is 3.31. The van der Waals surface area contributed by atoms with Gasteiger partial charge in [0.25, 0.3) is 0 Å². The highest BCUT2D eigenvalue weighted by Crippen LogP contribution is 2.14. The van der Waals surface area contributed by atoms with E-state index in [1.54, 1.807) is 0 Å². The van der Waals surface area contributed by atoms with Gasteiger partial charge in [0.05, 0.1) is 0 Å². The van der Waals surface area contributed by atoms with Crippen LogP contribution >= 0.6 is 11.3 Å². The number of aryl methyl sites for hydroxylation is 1. The average molecular weight is 260 g/mol. The first kappa shape index (κ1) is 13.1. The van der Waals surface area contributed by atoms with Crippen LogP contribution in [0.1, 0.15) is 16.0 Å². The molecule has 2 N–H and O–H groups in total. The Morgan fingerprint density at radius 2 is 2.11 bits per heavy atom. The molecule has 2 aromatic rings. The van der Waals surface area contributed by atoms with E-state index in [0.29, 0.717) is 0 Å². The third-order valence-corrected chi connectivity index (χ3v) is 4.04. The lowest BCUT2D eigenvalue weighted by atomic mass is 10.1. The van der Waals surface area contributed by atoms with E-state index in [0.717, 1.165) is 25.2 Å². The molecular formula is C15H20N2S. The van der Waals surface area contributed by atoms with Crippen LogP contribution in [0.25, 0.3) is 0 Å². The summed E-state index contributed by atoms with van der Waals surface area (Å²) in [6.07, 6.45) is 1.13. The summed E-state index contributed by atoms with van der Waals surface area (Å²) in [6.45, 7) is 4.13. The number of nitrogens with zero attached hydrogens (tertiary/aromatic N) is 1. The van der Waals surface area contributed by atoms with Crippen molar-refractivity contribution in [1.82, 2.24) is 4.90 Å². The van der Waals surface area contributed by atoms with Crippen LogP contribution in [0.5, 0.6) is 0 Å². The molecule has 1 aromatic heterocycles. The highest BCUT2D eigenvalue weighted by molar-refractivity contribution is 7.09. The van der Waals surface area contributed by atoms with Crippen molar-refractivity contribution in [1.29, 1.82) is 0 Å². The summed E-state index contributed by atoms with van der Waals surface area (Å²) >= 11 is 1.83. The first-order valence-electron chi connectivity index (χ1n) is 6.21. The molecule has 2 nitrogen and oxygen atoms in total. The monoisotopic (exact) mass is 260 g/mol. The Morgan fingerprint density at radius 1 is 1.28 bits per heavy atom. The molecule has 0 fully saturated rings. The predicted molar refractivity (Wildman–Crippen MR) is 79.9 cm³/mol. The second-order valence-electron chi connectivity index (χ2n) is 4.76. The van der Waals surface area contributed by atoms with Crippen LogP contribution < -0.4 is 5.73 Å². The maximum Gasteiger partial charge on any atom is 0.0343 e. The van der Waals surface area contributed by atoms with Gasteiger partial charge in [0.15, 0.2) is 0 Å². The zero-order chi connectivity index (χ0) is 13.0. The maximum atomic E-state index is 5.83. The molecule has 0 atom stereocenters. The first-order chi connectivity index (χ1) is 8.65. The van der Waals surface area contributed by atoms with E-state index in [9.17, 15) is 0 Å². The van der Waals surface area contributed by atoms with E-state index >= 15 is 0 Å². The minimum absolute atomic E-state index is 0.875. The second-order valence-corrected chi connectivity index (χ2v) is 5.79. The number of anilines is 1. The number of likely N-dealkylation sites (N-methyl/N-ethyl adjacent to an activating group) is 1. The summed E-state index contributed by atoms with van der Waals surface area (Å²) in [7, 11) is 2.17. The summed E-state index contributed by atoms with van der Waals surface area (Å²) in [4.78, 5) is 3.81. The van der Waals surface area contributed by atoms with Crippen molar-refractivity contribution in [3.63, 3.8) is 0 Å². The van der Waals surface area contributed by atoms with Crippen molar-refractivity contribution in [3.8, 4) is 0 Å². The van der Waals surface area contributed by atoms with Gasteiger partial charge in [0.1, 0.15) is 0 Å². The van der Waals surface area contributed by atoms with Crippen molar-refractivity contribution in [2.45, 2.75) is 19.9 Å². The van der Waals surface area contributed by atoms with Gasteiger partial charge in [-0.3, -0.25) is 0 Å². The fraction of sp³-hybridized carbons (Fsp3) is 0.333. The summed E-state index contributed by atoms with van der Waals surface area (Å²) in [6, 6.07) is 10.6. The van der Waals surface area contributed by atoms with Crippen molar-refractivity contribution < 1.29 is 0 Å². The van der Waals surface area contributed by atoms with Gasteiger partial charge in [-0.2, -0.15) is 0 Å². The van der Waals surface area contributed by atoms with Crippen LogP contribution in [0.15, 0.2) is 35.7 Å². The Bertz CT molecular complexity index is 491. The van der Waals surface area contributed by atoms with Crippen molar-refractivity contribution in [2.75, 3.05) is 19.3 Å². The SMILES string of the molecule is Cc1cc(CN(C)CCc2cccs2)ccc1N. The minimum Gasteiger partial charge on any atom is -0.399 e. The van der Waals surface area contributed by atoms with Crippen LogP contribution in [-0.2, 0) is 13.0 Å². The largest absolute Gasteiger partial charge is 0.399 e. The number of benzene rings is 1. The van der Waals surface area contributed by atoms with Crippen LogP contribution in [0.3, 0.4) is 0 Å². The normalized spacial score (nSPS) is 11.1. The fourth-order valence-corrected chi connectivity index (χ4v) is 2.68. The molecule has 0 bridgehead atoms. The maximum absolute atomic E-state index is 5.83. The van der Waals surface area contributed by atoms with Gasteiger partial charge in [0.2, 0.25) is 0 Å². The Kier molecular flexibility index (Phi) is 4.39. The minimum atomic E-state index is 0.875. The molecule has 1 aromatic carbocycles. The molecule has 2 rings (SSSR count). The van der Waals surface area contributed by atoms with Gasteiger partial charge in [-0.05, 0) is 49.0 Å². The molecule has 0 radical (unpaired) electrons. The summed E-state index contributed by atoms with van der Waals surface area (Å²) in [5.74, 6) is 0. The Labute approximate surface area is 113 Å². The number of nitrogens with two attached hydrogens (primary N) is 1. The van der Waals surface area contributed by atoms with Crippen molar-refractivity contribution in [3.05, 3.63) is 51.7 Å². The quantitative estimate of drug-likeness (QED) is 0.836. The second kappa shape index (κ2) is 6.03. The first-order valence-corrected chi connectivity index (χ1v) is 7.09. The molecule has 3 heteroatoms. The summed E-state index contributed by atoms with van der Waals surface area (Å²) < 4.78 is 0. The topological polar surface area (TPSA) is 29.3 Å². The van der Waals surface area contributed by atoms with Crippen LogP contribution in [0.2, 0.25) is 0 Å². The Morgan fingerprint density at radius 3 is 2.78 bits per heavy atom. The van der Waals surface area contributed by atoms with Crippen LogP contribution in [0, 0.1) is 6.92 Å². The van der Waals surface area contributed by atoms with Gasteiger partial charge >= 0.3 is 0 Å². The van der Waals surface area contributed by atoms with E-state index in [1.807, 2.05) is 17.4 Å². The standard InChI is InChI=1S/C15H20N2S/c1-12-10-13(5-6-15(12)16)11-17(2)8-7-14-4-3-9-18-14/h3-6,9-10H,7-8,11,16H2,1-2H3. The molecule has 0 aliphatic rings. The molecule has 0 saturated carbocycles. The molecule has 0 spiro atoms. The zero-order valence-electron chi connectivity index (χ0n) is 11.0. The lowest BCUT2D eigenvalue weighted by molar-refractivity contribution is 0.332. The third kappa shape index (κ3) is 3.59. The van der Waals surface area contributed by atoms with Gasteiger partial charge < -0.3 is 10.6 Å². The highest BCUT2D eigenvalue weighted by Gasteiger charge is 2.03. The molecule has 1 heterocycles. The number of rotatable bonds is 5. The summed E-state index contributed by atoms with van der Waals surface area (Å²) in [5, 5.41) is 2.14. The van der Waals surface area contributed by atoms with Crippen molar-refractivity contribution >= 4 is 17.0 Å². The molecule has 0 saturated heterocycles. The summed E-state index contributed by atoms with van der Waals surface area (Å²) in [5.41, 5.74) is 9.20. The Hall–Kier alpha value is -1.32. The van der Waals surface area contributed by atoms with E-state index in [1.165, 1.54) is 16.0 Å². The number of hydrogen-bond donors (Lipinski definition) is 1.